The highest BCUT2D eigenvalue weighted by Gasteiger charge is 2.25. The van der Waals surface area contributed by atoms with Crippen LogP contribution >= 0.6 is 0 Å². The highest BCUT2D eigenvalue weighted by atomic mass is 16.6. The molecule has 32 heavy (non-hydrogen) atoms. The van der Waals surface area contributed by atoms with Gasteiger partial charge in [0.1, 0.15) is 11.4 Å². The van der Waals surface area contributed by atoms with Gasteiger partial charge in [-0.25, -0.2) is 4.68 Å². The van der Waals surface area contributed by atoms with E-state index in [1.54, 1.807) is 6.07 Å². The Hall–Kier alpha value is -5.21. The molecule has 0 aliphatic carbocycles. The molecule has 0 bridgehead atoms. The number of non-ortho nitro benzene ring substituents is 1. The molecule has 0 unspecified atom stereocenters. The van der Waals surface area contributed by atoms with Crippen LogP contribution in [0.4, 0.5) is 17.1 Å². The van der Waals surface area contributed by atoms with E-state index >= 15 is 0 Å². The van der Waals surface area contributed by atoms with Crippen molar-refractivity contribution in [2.45, 2.75) is 0 Å². The lowest BCUT2D eigenvalue weighted by atomic mass is 10.1. The summed E-state index contributed by atoms with van der Waals surface area (Å²) in [6.45, 7) is 0. The fourth-order valence-electron chi connectivity index (χ4n) is 2.77. The summed E-state index contributed by atoms with van der Waals surface area (Å²) in [6.07, 6.45) is 2.46. The average molecular weight is 439 g/mol. The van der Waals surface area contributed by atoms with Gasteiger partial charge in [-0.3, -0.25) is 30.3 Å². The zero-order valence-electron chi connectivity index (χ0n) is 15.9. The Labute approximate surface area is 177 Å². The second-order valence-corrected chi connectivity index (χ2v) is 6.11. The van der Waals surface area contributed by atoms with Crippen molar-refractivity contribution in [2.24, 2.45) is 21.7 Å². The Bertz CT molecular complexity index is 1290. The largest absolute Gasteiger partial charge is 0.369 e. The molecular weight excluding hydrogens is 426 g/mol. The Morgan fingerprint density at radius 3 is 2.28 bits per heavy atom. The molecular formula is C17H13N9O6. The molecule has 15 nitrogen and oxygen atoms in total. The summed E-state index contributed by atoms with van der Waals surface area (Å²) in [7, 11) is 0. The first kappa shape index (κ1) is 21.5. The van der Waals surface area contributed by atoms with Crippen molar-refractivity contribution >= 4 is 29.2 Å². The molecule has 15 heteroatoms. The van der Waals surface area contributed by atoms with Crippen molar-refractivity contribution < 1.29 is 14.8 Å². The Morgan fingerprint density at radius 2 is 1.66 bits per heavy atom. The monoisotopic (exact) mass is 439 g/mol. The van der Waals surface area contributed by atoms with Crippen molar-refractivity contribution in [3.8, 4) is 16.9 Å². The molecule has 0 fully saturated rings. The smallest absolute Gasteiger partial charge is 0.301 e. The molecule has 0 amide bonds. The molecule has 0 spiro atoms. The third-order valence-electron chi connectivity index (χ3n) is 4.08. The number of rotatable bonds is 7. The SMILES string of the molecule is NC(N)=N/N=C/c1cn(-c2ccc([N+](=O)[O-])cc2[N+](=O)[O-])nc1-c1ccccc1[N+](=O)[O-]. The summed E-state index contributed by atoms with van der Waals surface area (Å²) in [6, 6.07) is 8.71. The molecule has 3 aromatic rings. The summed E-state index contributed by atoms with van der Waals surface area (Å²) in [4.78, 5) is 31.8. The van der Waals surface area contributed by atoms with Crippen LogP contribution in [-0.4, -0.2) is 36.7 Å². The number of benzene rings is 2. The van der Waals surface area contributed by atoms with Crippen LogP contribution in [0.15, 0.2) is 58.9 Å². The van der Waals surface area contributed by atoms with Crippen molar-refractivity contribution in [3.05, 3.63) is 84.6 Å². The molecule has 3 rings (SSSR count). The molecule has 2 aromatic carbocycles. The van der Waals surface area contributed by atoms with Crippen LogP contribution in [0.5, 0.6) is 0 Å². The second kappa shape index (κ2) is 8.66. The predicted octanol–water partition coefficient (Wildman–Crippen LogP) is 1.87. The first-order valence-corrected chi connectivity index (χ1v) is 8.57. The van der Waals surface area contributed by atoms with Crippen LogP contribution < -0.4 is 11.5 Å². The molecule has 0 atom stereocenters. The van der Waals surface area contributed by atoms with E-state index in [9.17, 15) is 30.3 Å². The molecule has 1 heterocycles. The minimum Gasteiger partial charge on any atom is -0.369 e. The summed E-state index contributed by atoms with van der Waals surface area (Å²) in [5.41, 5.74) is 9.35. The average Bonchev–Trinajstić information content (AvgIpc) is 3.16. The molecule has 0 aliphatic rings. The van der Waals surface area contributed by atoms with Crippen molar-refractivity contribution in [3.63, 3.8) is 0 Å². The maximum atomic E-state index is 11.5. The lowest BCUT2D eigenvalue weighted by molar-refractivity contribution is -0.394. The Kier molecular flexibility index (Phi) is 5.82. The van der Waals surface area contributed by atoms with E-state index in [4.69, 9.17) is 11.5 Å². The van der Waals surface area contributed by atoms with Gasteiger partial charge >= 0.3 is 5.69 Å². The van der Waals surface area contributed by atoms with Gasteiger partial charge in [0, 0.05) is 23.9 Å². The van der Waals surface area contributed by atoms with Crippen molar-refractivity contribution in [1.82, 2.24) is 9.78 Å². The standard InChI is InChI=1S/C17H13N9O6/c18-17(19)21-20-8-10-9-23(14-6-5-11(24(27)28)7-15(14)26(31)32)22-16(10)12-3-1-2-4-13(12)25(29)30/h1-9H,(H4,18,19,21)/b20-8+. The second-order valence-electron chi connectivity index (χ2n) is 6.11. The van der Waals surface area contributed by atoms with Crippen LogP contribution in [0.2, 0.25) is 0 Å². The fraction of sp³-hybridized carbons (Fsp3) is 0. The van der Waals surface area contributed by atoms with Crippen LogP contribution in [0, 0.1) is 30.3 Å². The van der Waals surface area contributed by atoms with Gasteiger partial charge in [0.25, 0.3) is 11.4 Å². The number of para-hydroxylation sites is 1. The van der Waals surface area contributed by atoms with E-state index in [0.717, 1.165) is 29.1 Å². The van der Waals surface area contributed by atoms with E-state index in [0.29, 0.717) is 0 Å². The molecule has 4 N–H and O–H groups in total. The minimum absolute atomic E-state index is 0.0551. The fourth-order valence-corrected chi connectivity index (χ4v) is 2.77. The van der Waals surface area contributed by atoms with E-state index < -0.39 is 26.1 Å². The quantitative estimate of drug-likeness (QED) is 0.237. The topological polar surface area (TPSA) is 224 Å². The van der Waals surface area contributed by atoms with Gasteiger partial charge in [-0.2, -0.15) is 10.2 Å². The van der Waals surface area contributed by atoms with Crippen LogP contribution in [0.25, 0.3) is 16.9 Å². The number of nitro benzene ring substituents is 3. The lowest BCUT2D eigenvalue weighted by Gasteiger charge is -2.03. The predicted molar refractivity (Wildman–Crippen MR) is 112 cm³/mol. The van der Waals surface area contributed by atoms with Gasteiger partial charge in [-0.1, -0.05) is 12.1 Å². The Morgan fingerprint density at radius 1 is 0.969 bits per heavy atom. The van der Waals surface area contributed by atoms with Gasteiger partial charge < -0.3 is 11.5 Å². The Balaban J connectivity index is 2.26. The third kappa shape index (κ3) is 4.35. The zero-order chi connectivity index (χ0) is 23.4. The number of hydrogen-bond acceptors (Lipinski definition) is 9. The summed E-state index contributed by atoms with van der Waals surface area (Å²) >= 11 is 0. The number of guanidine groups is 1. The highest BCUT2D eigenvalue weighted by molar-refractivity contribution is 5.91. The van der Waals surface area contributed by atoms with Crippen molar-refractivity contribution in [2.75, 3.05) is 0 Å². The number of nitrogens with zero attached hydrogens (tertiary/aromatic N) is 7. The number of aromatic nitrogens is 2. The van der Waals surface area contributed by atoms with Crippen LogP contribution in [0.3, 0.4) is 0 Å². The summed E-state index contributed by atoms with van der Waals surface area (Å²) in [5.74, 6) is -0.341. The zero-order valence-corrected chi connectivity index (χ0v) is 15.9. The highest BCUT2D eigenvalue weighted by Crippen LogP contribution is 2.33. The third-order valence-corrected chi connectivity index (χ3v) is 4.08. The van der Waals surface area contributed by atoms with Crippen LogP contribution in [0.1, 0.15) is 5.56 Å². The van der Waals surface area contributed by atoms with Gasteiger partial charge in [-0.15, -0.1) is 5.10 Å². The first-order chi connectivity index (χ1) is 15.2. The molecule has 0 aliphatic heterocycles. The number of nitrogens with two attached hydrogens (primary N) is 2. The summed E-state index contributed by atoms with van der Waals surface area (Å²) < 4.78 is 1.06. The molecule has 0 radical (unpaired) electrons. The van der Waals surface area contributed by atoms with Crippen LogP contribution in [-0.2, 0) is 0 Å². The number of nitro groups is 3. The maximum Gasteiger partial charge on any atom is 0.301 e. The minimum atomic E-state index is -0.804. The molecule has 0 saturated carbocycles. The summed E-state index contributed by atoms with van der Waals surface area (Å²) in [5, 5.41) is 45.3. The molecule has 162 valence electrons. The molecule has 0 saturated heterocycles. The van der Waals surface area contributed by atoms with Crippen molar-refractivity contribution in [1.29, 1.82) is 0 Å². The van der Waals surface area contributed by atoms with E-state index in [2.05, 4.69) is 15.3 Å². The van der Waals surface area contributed by atoms with E-state index in [1.807, 2.05) is 0 Å². The number of hydrogen-bond donors (Lipinski definition) is 2. The van der Waals surface area contributed by atoms with Gasteiger partial charge in [-0.05, 0) is 12.1 Å². The van der Waals surface area contributed by atoms with Gasteiger partial charge in [0.05, 0.1) is 32.6 Å². The molecule has 1 aromatic heterocycles. The maximum absolute atomic E-state index is 11.5. The first-order valence-electron chi connectivity index (χ1n) is 8.57. The van der Waals surface area contributed by atoms with Gasteiger partial charge in [0.2, 0.25) is 5.96 Å². The van der Waals surface area contributed by atoms with E-state index in [-0.39, 0.29) is 34.2 Å². The lowest BCUT2D eigenvalue weighted by Crippen LogP contribution is -2.21. The normalized spacial score (nSPS) is 10.8. The van der Waals surface area contributed by atoms with Gasteiger partial charge in [0.15, 0.2) is 0 Å². The van der Waals surface area contributed by atoms with E-state index in [1.165, 1.54) is 24.4 Å².